The van der Waals surface area contributed by atoms with Crippen molar-refractivity contribution in [3.8, 4) is 0 Å². The van der Waals surface area contributed by atoms with E-state index in [4.69, 9.17) is 5.73 Å². The Labute approximate surface area is 183 Å². The summed E-state index contributed by atoms with van der Waals surface area (Å²) in [5, 5.41) is 0. The normalized spacial score (nSPS) is 16.9. The number of nitrogens with two attached hydrogens (primary N) is 1. The van der Waals surface area contributed by atoms with Crippen molar-refractivity contribution >= 4 is 6.21 Å². The highest BCUT2D eigenvalue weighted by Gasteiger charge is 2.17. The van der Waals surface area contributed by atoms with Gasteiger partial charge in [-0.1, -0.05) is 37.3 Å². The van der Waals surface area contributed by atoms with Gasteiger partial charge in [0.15, 0.2) is 11.6 Å². The summed E-state index contributed by atoms with van der Waals surface area (Å²) < 4.78 is 42.3. The fourth-order valence-corrected chi connectivity index (χ4v) is 3.46. The van der Waals surface area contributed by atoms with Gasteiger partial charge in [-0.05, 0) is 80.3 Å². The van der Waals surface area contributed by atoms with Gasteiger partial charge in [-0.3, -0.25) is 4.99 Å². The van der Waals surface area contributed by atoms with Crippen LogP contribution < -0.4 is 5.73 Å². The molecule has 0 fully saturated rings. The Morgan fingerprint density at radius 3 is 2.68 bits per heavy atom. The topological polar surface area (TPSA) is 38.4 Å². The van der Waals surface area contributed by atoms with Crippen molar-refractivity contribution in [2.24, 2.45) is 16.6 Å². The average molecular weight is 429 g/mol. The molecule has 166 valence electrons. The molecule has 1 aromatic carbocycles. The molecular formula is C26H31F3N2. The third kappa shape index (κ3) is 7.12. The van der Waals surface area contributed by atoms with Crippen LogP contribution in [0.3, 0.4) is 0 Å². The van der Waals surface area contributed by atoms with Crippen molar-refractivity contribution in [3.05, 3.63) is 95.2 Å². The summed E-state index contributed by atoms with van der Waals surface area (Å²) in [4.78, 5) is 4.25. The minimum Gasteiger partial charge on any atom is -0.404 e. The molecule has 31 heavy (non-hydrogen) atoms. The van der Waals surface area contributed by atoms with E-state index in [1.165, 1.54) is 19.3 Å². The standard InChI is InChI=1S/C26H31F3N2/c1-4-5-6-7-8-20-11-14-23(24(27)15-20)19(3)31-17-21(16-30)10-13-22-12-9-18(2)25(28)26(22)29/h4,9,12,14-17,20H,1,3,5-8,10-11,13,30H2,2H3/b21-16-,31-17-/t20-/m0/s1. The van der Waals surface area contributed by atoms with Crippen molar-refractivity contribution in [2.45, 2.75) is 51.9 Å². The van der Waals surface area contributed by atoms with Crippen LogP contribution in [0.1, 0.15) is 49.7 Å². The fourth-order valence-electron chi connectivity index (χ4n) is 3.46. The summed E-state index contributed by atoms with van der Waals surface area (Å²) in [6.45, 7) is 9.09. The van der Waals surface area contributed by atoms with Gasteiger partial charge in [0.2, 0.25) is 0 Å². The van der Waals surface area contributed by atoms with E-state index in [0.29, 0.717) is 23.3 Å². The number of halogens is 3. The maximum atomic E-state index is 14.5. The van der Waals surface area contributed by atoms with Crippen molar-refractivity contribution in [2.75, 3.05) is 0 Å². The van der Waals surface area contributed by atoms with Crippen LogP contribution in [0.5, 0.6) is 0 Å². The van der Waals surface area contributed by atoms with Gasteiger partial charge < -0.3 is 5.73 Å². The number of hydrogen-bond acceptors (Lipinski definition) is 2. The van der Waals surface area contributed by atoms with Crippen molar-refractivity contribution < 1.29 is 13.2 Å². The Morgan fingerprint density at radius 1 is 1.23 bits per heavy atom. The molecule has 0 saturated heterocycles. The van der Waals surface area contributed by atoms with E-state index in [1.54, 1.807) is 18.2 Å². The van der Waals surface area contributed by atoms with Gasteiger partial charge >= 0.3 is 0 Å². The van der Waals surface area contributed by atoms with Crippen LogP contribution in [0, 0.1) is 24.5 Å². The van der Waals surface area contributed by atoms with Crippen LogP contribution in [0.25, 0.3) is 0 Å². The summed E-state index contributed by atoms with van der Waals surface area (Å²) >= 11 is 0. The number of aryl methyl sites for hydroxylation is 2. The van der Waals surface area contributed by atoms with Gasteiger partial charge in [0, 0.05) is 11.8 Å². The Kier molecular flexibility index (Phi) is 9.57. The molecule has 0 radical (unpaired) electrons. The number of hydrogen-bond donors (Lipinski definition) is 1. The van der Waals surface area contributed by atoms with Crippen LogP contribution in [0.15, 0.2) is 77.4 Å². The molecule has 1 aliphatic rings. The van der Waals surface area contributed by atoms with Gasteiger partial charge in [0.1, 0.15) is 5.83 Å². The molecule has 2 rings (SSSR count). The molecule has 0 heterocycles. The highest BCUT2D eigenvalue weighted by Crippen LogP contribution is 2.31. The van der Waals surface area contributed by atoms with Crippen LogP contribution >= 0.6 is 0 Å². The zero-order valence-corrected chi connectivity index (χ0v) is 18.1. The number of allylic oxidation sites excluding steroid dienone is 5. The second kappa shape index (κ2) is 12.1. The van der Waals surface area contributed by atoms with Crippen LogP contribution in [-0.2, 0) is 6.42 Å². The van der Waals surface area contributed by atoms with E-state index >= 15 is 0 Å². The van der Waals surface area contributed by atoms with E-state index in [9.17, 15) is 13.2 Å². The quantitative estimate of drug-likeness (QED) is 0.226. The molecule has 0 amide bonds. The molecule has 1 atom stereocenters. The molecule has 0 saturated carbocycles. The summed E-state index contributed by atoms with van der Waals surface area (Å²) in [5.74, 6) is -1.79. The van der Waals surface area contributed by atoms with Gasteiger partial charge in [0.25, 0.3) is 0 Å². The first-order valence-corrected chi connectivity index (χ1v) is 10.6. The molecule has 1 aliphatic carbocycles. The lowest BCUT2D eigenvalue weighted by atomic mass is 9.90. The predicted molar refractivity (Wildman–Crippen MR) is 123 cm³/mol. The number of aliphatic imine (C=N–C) groups is 1. The third-order valence-corrected chi connectivity index (χ3v) is 5.45. The van der Waals surface area contributed by atoms with Gasteiger partial charge in [-0.25, -0.2) is 13.2 Å². The maximum absolute atomic E-state index is 14.5. The number of benzene rings is 1. The number of rotatable bonds is 11. The molecule has 0 aliphatic heterocycles. The van der Waals surface area contributed by atoms with E-state index < -0.39 is 11.6 Å². The van der Waals surface area contributed by atoms with E-state index in [2.05, 4.69) is 18.2 Å². The minimum absolute atomic E-state index is 0.189. The van der Waals surface area contributed by atoms with Crippen molar-refractivity contribution in [1.29, 1.82) is 0 Å². The Balaban J connectivity index is 1.92. The van der Waals surface area contributed by atoms with E-state index in [0.717, 1.165) is 32.1 Å². The van der Waals surface area contributed by atoms with Crippen LogP contribution in [0.2, 0.25) is 0 Å². The smallest absolute Gasteiger partial charge is 0.162 e. The Bertz CT molecular complexity index is 923. The first-order valence-electron chi connectivity index (χ1n) is 10.6. The molecule has 2 nitrogen and oxygen atoms in total. The highest BCUT2D eigenvalue weighted by atomic mass is 19.2. The zero-order valence-electron chi connectivity index (χ0n) is 18.1. The lowest BCUT2D eigenvalue weighted by Crippen LogP contribution is -2.04. The first kappa shape index (κ1) is 24.4. The van der Waals surface area contributed by atoms with Gasteiger partial charge in [-0.2, -0.15) is 0 Å². The second-order valence-corrected chi connectivity index (χ2v) is 7.82. The van der Waals surface area contributed by atoms with Crippen molar-refractivity contribution in [1.82, 2.24) is 0 Å². The summed E-state index contributed by atoms with van der Waals surface area (Å²) in [6, 6.07) is 3.12. The summed E-state index contributed by atoms with van der Waals surface area (Å²) in [6.07, 6.45) is 13.7. The summed E-state index contributed by atoms with van der Waals surface area (Å²) in [7, 11) is 0. The largest absolute Gasteiger partial charge is 0.404 e. The summed E-state index contributed by atoms with van der Waals surface area (Å²) in [5.41, 5.74) is 7.52. The highest BCUT2D eigenvalue weighted by molar-refractivity contribution is 5.79. The molecule has 0 bridgehead atoms. The van der Waals surface area contributed by atoms with Gasteiger partial charge in [0.05, 0.1) is 5.70 Å². The van der Waals surface area contributed by atoms with Crippen LogP contribution in [-0.4, -0.2) is 6.21 Å². The molecule has 1 aromatic rings. The molecule has 2 N–H and O–H groups in total. The van der Waals surface area contributed by atoms with E-state index in [-0.39, 0.29) is 29.3 Å². The molecular weight excluding hydrogens is 397 g/mol. The van der Waals surface area contributed by atoms with Crippen LogP contribution in [0.4, 0.5) is 13.2 Å². The van der Waals surface area contributed by atoms with Crippen molar-refractivity contribution in [3.63, 3.8) is 0 Å². The van der Waals surface area contributed by atoms with Gasteiger partial charge in [-0.15, -0.1) is 6.58 Å². The minimum atomic E-state index is -0.837. The first-order chi connectivity index (χ1) is 14.9. The predicted octanol–water partition coefficient (Wildman–Crippen LogP) is 7.18. The third-order valence-electron chi connectivity index (χ3n) is 5.45. The maximum Gasteiger partial charge on any atom is 0.162 e. The zero-order chi connectivity index (χ0) is 22.8. The molecule has 0 unspecified atom stereocenters. The Morgan fingerprint density at radius 2 is 2.00 bits per heavy atom. The lowest BCUT2D eigenvalue weighted by molar-refractivity contribution is 0.493. The Hall–Kier alpha value is -2.82. The second-order valence-electron chi connectivity index (χ2n) is 7.82. The molecule has 5 heteroatoms. The SMILES string of the molecule is C=CCCCC[C@@H]1C=C(F)C(C(=C)/N=C\C(=C/N)CCc2ccc(C)c(F)c2F)=CC1. The average Bonchev–Trinajstić information content (AvgIpc) is 2.76. The molecule has 0 aromatic heterocycles. The number of nitrogens with zero attached hydrogens (tertiary/aromatic N) is 1. The molecule has 0 spiro atoms. The number of unbranched alkanes of at least 4 members (excludes halogenated alkanes) is 2. The van der Waals surface area contributed by atoms with E-state index in [1.807, 2.05) is 12.2 Å². The fraction of sp³-hybridized carbons (Fsp3) is 0.346. The monoisotopic (exact) mass is 428 g/mol. The lowest BCUT2D eigenvalue weighted by Gasteiger charge is -2.17.